The number of nitrogens with one attached hydrogen (secondary N) is 1. The summed E-state index contributed by atoms with van der Waals surface area (Å²) in [6.07, 6.45) is 0.556. The van der Waals surface area contributed by atoms with Crippen LogP contribution >= 0.6 is 11.6 Å². The average Bonchev–Trinajstić information content (AvgIpc) is 2.55. The van der Waals surface area contributed by atoms with Crippen LogP contribution < -0.4 is 9.46 Å². The lowest BCUT2D eigenvalue weighted by Gasteiger charge is -2.18. The highest BCUT2D eigenvalue weighted by Crippen LogP contribution is 2.24. The zero-order valence-corrected chi connectivity index (χ0v) is 14.3. The van der Waals surface area contributed by atoms with Gasteiger partial charge in [-0.05, 0) is 42.3 Å². The van der Waals surface area contributed by atoms with Gasteiger partial charge in [0.25, 0.3) is 0 Å². The van der Waals surface area contributed by atoms with Crippen LogP contribution in [0.4, 0.5) is 4.39 Å². The van der Waals surface area contributed by atoms with Crippen LogP contribution in [0.15, 0.2) is 47.4 Å². The van der Waals surface area contributed by atoms with Gasteiger partial charge in [0.05, 0.1) is 17.0 Å². The van der Waals surface area contributed by atoms with Gasteiger partial charge in [-0.2, -0.15) is 0 Å². The lowest BCUT2D eigenvalue weighted by Crippen LogP contribution is -2.28. The monoisotopic (exact) mass is 357 g/mol. The van der Waals surface area contributed by atoms with Gasteiger partial charge in [-0.25, -0.2) is 17.5 Å². The van der Waals surface area contributed by atoms with Gasteiger partial charge in [0.2, 0.25) is 10.0 Å². The van der Waals surface area contributed by atoms with Gasteiger partial charge in [0.1, 0.15) is 11.6 Å². The molecule has 0 radical (unpaired) electrons. The van der Waals surface area contributed by atoms with Crippen molar-refractivity contribution in [1.29, 1.82) is 0 Å². The summed E-state index contributed by atoms with van der Waals surface area (Å²) in [7, 11) is -2.24. The molecule has 23 heavy (non-hydrogen) atoms. The van der Waals surface area contributed by atoms with Crippen molar-refractivity contribution in [3.63, 3.8) is 0 Å². The summed E-state index contributed by atoms with van der Waals surface area (Å²) >= 11 is 5.66. The van der Waals surface area contributed by atoms with Crippen LogP contribution in [0.3, 0.4) is 0 Å². The number of rotatable bonds is 6. The molecule has 0 aliphatic carbocycles. The van der Waals surface area contributed by atoms with Gasteiger partial charge in [-0.15, -0.1) is 0 Å². The minimum Gasteiger partial charge on any atom is -0.497 e. The molecule has 0 aliphatic rings. The van der Waals surface area contributed by atoms with Gasteiger partial charge >= 0.3 is 0 Å². The van der Waals surface area contributed by atoms with E-state index < -0.39 is 21.9 Å². The van der Waals surface area contributed by atoms with Crippen molar-refractivity contribution >= 4 is 21.6 Å². The number of methoxy groups -OCH3 is 1. The van der Waals surface area contributed by atoms with E-state index in [1.807, 2.05) is 6.92 Å². The summed E-state index contributed by atoms with van der Waals surface area (Å²) in [6.45, 7) is 1.87. The van der Waals surface area contributed by atoms with E-state index in [1.54, 1.807) is 31.4 Å². The Kier molecular flexibility index (Phi) is 5.62. The van der Waals surface area contributed by atoms with Crippen LogP contribution in [0.2, 0.25) is 5.02 Å². The third kappa shape index (κ3) is 4.22. The summed E-state index contributed by atoms with van der Waals surface area (Å²) in [6, 6.07) is 10.0. The van der Waals surface area contributed by atoms with Crippen molar-refractivity contribution in [3.8, 4) is 5.75 Å². The van der Waals surface area contributed by atoms with Crippen molar-refractivity contribution in [2.75, 3.05) is 7.11 Å². The number of halogens is 2. The number of benzene rings is 2. The molecule has 1 unspecified atom stereocenters. The molecule has 0 saturated carbocycles. The second-order valence-electron chi connectivity index (χ2n) is 4.93. The Morgan fingerprint density at radius 1 is 1.22 bits per heavy atom. The highest BCUT2D eigenvalue weighted by Gasteiger charge is 2.21. The summed E-state index contributed by atoms with van der Waals surface area (Å²) < 4.78 is 45.8. The first-order valence-electron chi connectivity index (χ1n) is 6.98. The molecule has 2 aromatic rings. The third-order valence-corrected chi connectivity index (χ3v) is 5.18. The van der Waals surface area contributed by atoms with Crippen molar-refractivity contribution in [2.24, 2.45) is 0 Å². The number of ether oxygens (including phenoxy) is 1. The van der Waals surface area contributed by atoms with E-state index in [2.05, 4.69) is 4.72 Å². The SMILES string of the molecule is CCC(NS(=O)(=O)c1ccc(F)c(Cl)c1)c1ccc(OC)cc1. The van der Waals surface area contributed by atoms with E-state index in [0.29, 0.717) is 12.2 Å². The van der Waals surface area contributed by atoms with E-state index in [9.17, 15) is 12.8 Å². The molecule has 0 saturated heterocycles. The van der Waals surface area contributed by atoms with Crippen LogP contribution in [0.5, 0.6) is 5.75 Å². The fourth-order valence-corrected chi connectivity index (χ4v) is 3.70. The first-order valence-corrected chi connectivity index (χ1v) is 8.85. The summed E-state index contributed by atoms with van der Waals surface area (Å²) in [4.78, 5) is -0.0733. The topological polar surface area (TPSA) is 55.4 Å². The maximum atomic E-state index is 13.2. The Morgan fingerprint density at radius 2 is 1.87 bits per heavy atom. The molecule has 1 atom stereocenters. The Morgan fingerprint density at radius 3 is 2.39 bits per heavy atom. The zero-order chi connectivity index (χ0) is 17.0. The smallest absolute Gasteiger partial charge is 0.241 e. The van der Waals surface area contributed by atoms with Gasteiger partial charge in [0, 0.05) is 6.04 Å². The van der Waals surface area contributed by atoms with Crippen molar-refractivity contribution in [1.82, 2.24) is 4.72 Å². The van der Waals surface area contributed by atoms with Gasteiger partial charge in [-0.1, -0.05) is 30.7 Å². The zero-order valence-electron chi connectivity index (χ0n) is 12.7. The second kappa shape index (κ2) is 7.29. The van der Waals surface area contributed by atoms with Crippen LogP contribution in [0.25, 0.3) is 0 Å². The number of sulfonamides is 1. The molecule has 124 valence electrons. The molecule has 7 heteroatoms. The largest absolute Gasteiger partial charge is 0.497 e. The molecule has 0 aliphatic heterocycles. The van der Waals surface area contributed by atoms with Crippen molar-refractivity contribution in [2.45, 2.75) is 24.3 Å². The van der Waals surface area contributed by atoms with E-state index >= 15 is 0 Å². The third-order valence-electron chi connectivity index (χ3n) is 3.43. The molecule has 0 bridgehead atoms. The quantitative estimate of drug-likeness (QED) is 0.852. The minimum absolute atomic E-state index is 0.0733. The van der Waals surface area contributed by atoms with E-state index in [0.717, 1.165) is 17.7 Å². The first kappa shape index (κ1) is 17.7. The summed E-state index contributed by atoms with van der Waals surface area (Å²) in [5.74, 6) is 0.0320. The maximum Gasteiger partial charge on any atom is 0.241 e. The lowest BCUT2D eigenvalue weighted by atomic mass is 10.1. The summed E-state index contributed by atoms with van der Waals surface area (Å²) in [5, 5.41) is -0.231. The molecule has 0 fully saturated rings. The maximum absolute atomic E-state index is 13.2. The molecule has 1 N–H and O–H groups in total. The van der Waals surface area contributed by atoms with Crippen molar-refractivity contribution in [3.05, 3.63) is 58.9 Å². The highest BCUT2D eigenvalue weighted by atomic mass is 35.5. The first-order chi connectivity index (χ1) is 10.9. The number of hydrogen-bond acceptors (Lipinski definition) is 3. The molecule has 0 amide bonds. The molecular weight excluding hydrogens is 341 g/mol. The van der Waals surface area contributed by atoms with Crippen LogP contribution in [0.1, 0.15) is 24.9 Å². The molecule has 4 nitrogen and oxygen atoms in total. The van der Waals surface area contributed by atoms with Crippen LogP contribution in [0, 0.1) is 5.82 Å². The van der Waals surface area contributed by atoms with E-state index in [4.69, 9.17) is 16.3 Å². The van der Waals surface area contributed by atoms with Gasteiger partial charge in [0.15, 0.2) is 0 Å². The Bertz CT molecular complexity index is 778. The Balaban J connectivity index is 2.26. The lowest BCUT2D eigenvalue weighted by molar-refractivity contribution is 0.414. The standard InChI is InChI=1S/C16H17ClFNO3S/c1-3-16(11-4-6-12(22-2)7-5-11)19-23(20,21)13-8-9-15(18)14(17)10-13/h4-10,16,19H,3H2,1-2H3. The van der Waals surface area contributed by atoms with Gasteiger partial charge in [-0.3, -0.25) is 0 Å². The molecule has 2 rings (SSSR count). The second-order valence-corrected chi connectivity index (χ2v) is 7.05. The Hall–Kier alpha value is -1.63. The average molecular weight is 358 g/mol. The predicted octanol–water partition coefficient (Wildman–Crippen LogP) is 3.92. The van der Waals surface area contributed by atoms with E-state index in [1.165, 1.54) is 6.07 Å². The van der Waals surface area contributed by atoms with Crippen LogP contribution in [-0.2, 0) is 10.0 Å². The van der Waals surface area contributed by atoms with Crippen LogP contribution in [-0.4, -0.2) is 15.5 Å². The molecule has 0 spiro atoms. The summed E-state index contributed by atoms with van der Waals surface area (Å²) in [5.41, 5.74) is 0.810. The van der Waals surface area contributed by atoms with E-state index in [-0.39, 0.29) is 9.92 Å². The Labute approximate surface area is 140 Å². The minimum atomic E-state index is -3.81. The van der Waals surface area contributed by atoms with Crippen molar-refractivity contribution < 1.29 is 17.5 Å². The number of hydrogen-bond donors (Lipinski definition) is 1. The van der Waals surface area contributed by atoms with Gasteiger partial charge < -0.3 is 4.74 Å². The molecule has 2 aromatic carbocycles. The fourth-order valence-electron chi connectivity index (χ4n) is 2.12. The predicted molar refractivity (Wildman–Crippen MR) is 87.8 cm³/mol. The highest BCUT2D eigenvalue weighted by molar-refractivity contribution is 7.89. The normalized spacial score (nSPS) is 12.9. The molecular formula is C16H17ClFNO3S. The molecule has 0 heterocycles. The molecule has 0 aromatic heterocycles. The fraction of sp³-hybridized carbons (Fsp3) is 0.250.